The molecule has 1 saturated heterocycles. The predicted molar refractivity (Wildman–Crippen MR) is 92.6 cm³/mol. The van der Waals surface area contributed by atoms with Crippen molar-refractivity contribution in [3.8, 4) is 0 Å². The molecule has 1 atom stereocenters. The van der Waals surface area contributed by atoms with Gasteiger partial charge in [0.25, 0.3) is 0 Å². The van der Waals surface area contributed by atoms with Gasteiger partial charge in [-0.05, 0) is 5.56 Å². The fraction of sp³-hybridized carbons (Fsp3) is 0.500. The highest BCUT2D eigenvalue weighted by Crippen LogP contribution is 2.18. The summed E-state index contributed by atoms with van der Waals surface area (Å²) in [4.78, 5) is 28.0. The summed E-state index contributed by atoms with van der Waals surface area (Å²) in [5, 5.41) is 2.62. The molecule has 1 aromatic carbocycles. The van der Waals surface area contributed by atoms with Gasteiger partial charge in [0.2, 0.25) is 11.8 Å². The van der Waals surface area contributed by atoms with E-state index < -0.39 is 0 Å². The van der Waals surface area contributed by atoms with Crippen LogP contribution in [-0.2, 0) is 9.59 Å². The fourth-order valence-corrected chi connectivity index (χ4v) is 2.69. The van der Waals surface area contributed by atoms with Crippen molar-refractivity contribution >= 4 is 24.2 Å². The molecule has 2 rings (SSSR count). The minimum atomic E-state index is -0.285. The molecule has 3 N–H and O–H groups in total. The van der Waals surface area contributed by atoms with Crippen LogP contribution >= 0.6 is 12.4 Å². The maximum absolute atomic E-state index is 12.7. The quantitative estimate of drug-likeness (QED) is 0.793. The van der Waals surface area contributed by atoms with Gasteiger partial charge in [0.05, 0.1) is 12.5 Å². The summed E-state index contributed by atoms with van der Waals surface area (Å²) >= 11 is 0. The first-order valence-corrected chi connectivity index (χ1v) is 7.62. The van der Waals surface area contributed by atoms with E-state index in [4.69, 9.17) is 5.73 Å². The van der Waals surface area contributed by atoms with Crippen molar-refractivity contribution in [2.75, 3.05) is 46.3 Å². The van der Waals surface area contributed by atoms with Crippen molar-refractivity contribution in [2.24, 2.45) is 5.73 Å². The largest absolute Gasteiger partial charge is 0.358 e. The summed E-state index contributed by atoms with van der Waals surface area (Å²) in [6.07, 6.45) is 0. The minimum Gasteiger partial charge on any atom is -0.358 e. The topological polar surface area (TPSA) is 78.7 Å². The summed E-state index contributed by atoms with van der Waals surface area (Å²) in [6.45, 7) is 3.40. The Morgan fingerprint density at radius 3 is 2.30 bits per heavy atom. The van der Waals surface area contributed by atoms with E-state index in [1.54, 1.807) is 7.05 Å². The zero-order valence-electron chi connectivity index (χ0n) is 13.4. The monoisotopic (exact) mass is 340 g/mol. The number of amides is 2. The van der Waals surface area contributed by atoms with Crippen molar-refractivity contribution in [3.05, 3.63) is 35.9 Å². The van der Waals surface area contributed by atoms with Gasteiger partial charge in [0.15, 0.2) is 0 Å². The van der Waals surface area contributed by atoms with Crippen LogP contribution in [0.15, 0.2) is 30.3 Å². The highest BCUT2D eigenvalue weighted by atomic mass is 35.5. The second kappa shape index (κ2) is 9.50. The van der Waals surface area contributed by atoms with E-state index in [0.29, 0.717) is 39.3 Å². The maximum atomic E-state index is 12.7. The van der Waals surface area contributed by atoms with Crippen LogP contribution in [-0.4, -0.2) is 67.9 Å². The summed E-state index contributed by atoms with van der Waals surface area (Å²) in [7, 11) is 1.63. The third-order valence-electron chi connectivity index (χ3n) is 4.07. The summed E-state index contributed by atoms with van der Waals surface area (Å²) in [6, 6.07) is 9.66. The van der Waals surface area contributed by atoms with E-state index in [-0.39, 0.29) is 30.1 Å². The van der Waals surface area contributed by atoms with Gasteiger partial charge in [-0.25, -0.2) is 0 Å². The van der Waals surface area contributed by atoms with Crippen LogP contribution in [0.4, 0.5) is 0 Å². The van der Waals surface area contributed by atoms with E-state index in [9.17, 15) is 9.59 Å². The number of carbonyl (C=O) groups is 2. The number of carbonyl (C=O) groups excluding carboxylic acids is 2. The molecule has 1 heterocycles. The third kappa shape index (κ3) is 5.20. The van der Waals surface area contributed by atoms with Gasteiger partial charge in [0.1, 0.15) is 0 Å². The Morgan fingerprint density at radius 2 is 1.78 bits per heavy atom. The van der Waals surface area contributed by atoms with Crippen molar-refractivity contribution in [2.45, 2.75) is 5.92 Å². The molecule has 128 valence electrons. The molecule has 0 bridgehead atoms. The Labute approximate surface area is 143 Å². The van der Waals surface area contributed by atoms with Crippen LogP contribution in [0.3, 0.4) is 0 Å². The van der Waals surface area contributed by atoms with E-state index in [2.05, 4.69) is 10.2 Å². The smallest absolute Gasteiger partial charge is 0.233 e. The number of halogens is 1. The Bertz CT molecular complexity index is 504. The number of hydrogen-bond acceptors (Lipinski definition) is 4. The molecule has 0 aliphatic carbocycles. The van der Waals surface area contributed by atoms with E-state index in [1.165, 1.54) is 0 Å². The van der Waals surface area contributed by atoms with E-state index in [0.717, 1.165) is 5.56 Å². The molecular formula is C16H25ClN4O2. The van der Waals surface area contributed by atoms with Crippen LogP contribution in [0.1, 0.15) is 11.5 Å². The van der Waals surface area contributed by atoms with Gasteiger partial charge in [-0.15, -0.1) is 12.4 Å². The summed E-state index contributed by atoms with van der Waals surface area (Å²) in [5.41, 5.74) is 6.77. The lowest BCUT2D eigenvalue weighted by Crippen LogP contribution is -2.52. The molecule has 0 spiro atoms. The van der Waals surface area contributed by atoms with Crippen LogP contribution in [0.2, 0.25) is 0 Å². The number of hydrogen-bond donors (Lipinski definition) is 2. The molecule has 0 aromatic heterocycles. The van der Waals surface area contributed by atoms with Gasteiger partial charge < -0.3 is 16.0 Å². The zero-order chi connectivity index (χ0) is 15.9. The molecule has 2 amide bonds. The Hall–Kier alpha value is -1.63. The van der Waals surface area contributed by atoms with Crippen LogP contribution < -0.4 is 11.1 Å². The molecule has 1 unspecified atom stereocenters. The maximum Gasteiger partial charge on any atom is 0.233 e. The summed E-state index contributed by atoms with van der Waals surface area (Å²) in [5.74, 6) is -0.205. The number of nitrogens with zero attached hydrogens (tertiary/aromatic N) is 2. The van der Waals surface area contributed by atoms with Crippen LogP contribution in [0.5, 0.6) is 0 Å². The molecule has 7 heteroatoms. The highest BCUT2D eigenvalue weighted by Gasteiger charge is 2.28. The first-order valence-electron chi connectivity index (χ1n) is 7.62. The number of nitrogens with two attached hydrogens (primary N) is 1. The predicted octanol–water partition coefficient (Wildman–Crippen LogP) is 0.0409. The zero-order valence-corrected chi connectivity index (χ0v) is 14.2. The lowest BCUT2D eigenvalue weighted by molar-refractivity contribution is -0.134. The molecule has 1 aliphatic heterocycles. The first-order chi connectivity index (χ1) is 10.7. The number of benzene rings is 1. The highest BCUT2D eigenvalue weighted by molar-refractivity contribution is 5.85. The number of piperazine rings is 1. The van der Waals surface area contributed by atoms with Crippen molar-refractivity contribution in [1.82, 2.24) is 15.1 Å². The average Bonchev–Trinajstić information content (AvgIpc) is 2.57. The average molecular weight is 341 g/mol. The van der Waals surface area contributed by atoms with Crippen molar-refractivity contribution < 1.29 is 9.59 Å². The molecule has 6 nitrogen and oxygen atoms in total. The van der Waals surface area contributed by atoms with Crippen molar-refractivity contribution in [3.63, 3.8) is 0 Å². The third-order valence-corrected chi connectivity index (χ3v) is 4.07. The number of nitrogens with one attached hydrogen (secondary N) is 1. The molecule has 1 fully saturated rings. The Balaban J connectivity index is 0.00000264. The van der Waals surface area contributed by atoms with Gasteiger partial charge in [-0.1, -0.05) is 30.3 Å². The SMILES string of the molecule is CNC(=O)CN1CCN(C(=O)C(CN)c2ccccc2)CC1.Cl. The molecule has 23 heavy (non-hydrogen) atoms. The fourth-order valence-electron chi connectivity index (χ4n) is 2.69. The van der Waals surface area contributed by atoms with Gasteiger partial charge in [-0.2, -0.15) is 0 Å². The molecule has 1 aliphatic rings. The second-order valence-electron chi connectivity index (χ2n) is 5.47. The number of rotatable bonds is 5. The van der Waals surface area contributed by atoms with Gasteiger partial charge in [-0.3, -0.25) is 14.5 Å². The first kappa shape index (κ1) is 19.4. The van der Waals surface area contributed by atoms with Crippen molar-refractivity contribution in [1.29, 1.82) is 0 Å². The lowest BCUT2D eigenvalue weighted by Gasteiger charge is -2.36. The summed E-state index contributed by atoms with van der Waals surface area (Å²) < 4.78 is 0. The second-order valence-corrected chi connectivity index (χ2v) is 5.47. The van der Waals surface area contributed by atoms with Crippen LogP contribution in [0, 0.1) is 0 Å². The van der Waals surface area contributed by atoms with Gasteiger partial charge in [0, 0.05) is 39.8 Å². The molecule has 0 radical (unpaired) electrons. The molecular weight excluding hydrogens is 316 g/mol. The Morgan fingerprint density at radius 1 is 1.17 bits per heavy atom. The Kier molecular flexibility index (Phi) is 8.02. The van der Waals surface area contributed by atoms with E-state index >= 15 is 0 Å². The minimum absolute atomic E-state index is 0. The number of likely N-dealkylation sites (N-methyl/N-ethyl adjacent to an activating group) is 1. The molecule has 0 saturated carbocycles. The lowest BCUT2D eigenvalue weighted by atomic mass is 9.97. The normalized spacial score (nSPS) is 16.3. The van der Waals surface area contributed by atoms with E-state index in [1.807, 2.05) is 35.2 Å². The van der Waals surface area contributed by atoms with Crippen LogP contribution in [0.25, 0.3) is 0 Å². The molecule has 1 aromatic rings. The standard InChI is InChI=1S/C16H24N4O2.ClH/c1-18-15(21)12-19-7-9-20(10-8-19)16(22)14(11-17)13-5-3-2-4-6-13;/h2-6,14H,7-12,17H2,1H3,(H,18,21);1H. The van der Waals surface area contributed by atoms with Gasteiger partial charge >= 0.3 is 0 Å².